The summed E-state index contributed by atoms with van der Waals surface area (Å²) in [6, 6.07) is 8.55. The summed E-state index contributed by atoms with van der Waals surface area (Å²) in [4.78, 5) is 3.34. The van der Waals surface area contributed by atoms with Crippen molar-refractivity contribution in [1.82, 2.24) is 10.3 Å². The molecule has 1 fully saturated rings. The second-order valence-electron chi connectivity index (χ2n) is 5.46. The summed E-state index contributed by atoms with van der Waals surface area (Å²) in [5.74, 6) is 0.938. The molecule has 0 radical (unpaired) electrons. The minimum Gasteiger partial charge on any atom is -0.361 e. The molecular weight excluding hydrogens is 220 g/mol. The van der Waals surface area contributed by atoms with Crippen LogP contribution in [0, 0.1) is 5.92 Å². The van der Waals surface area contributed by atoms with Crippen LogP contribution in [0.25, 0.3) is 10.9 Å². The lowest BCUT2D eigenvalue weighted by atomic mass is 10.1. The quantitative estimate of drug-likeness (QED) is 0.772. The molecule has 0 bridgehead atoms. The van der Waals surface area contributed by atoms with E-state index in [-0.39, 0.29) is 0 Å². The van der Waals surface area contributed by atoms with E-state index in [9.17, 15) is 0 Å². The van der Waals surface area contributed by atoms with Crippen LogP contribution in [-0.2, 0) is 6.42 Å². The van der Waals surface area contributed by atoms with Gasteiger partial charge in [-0.15, -0.1) is 0 Å². The van der Waals surface area contributed by atoms with E-state index in [1.807, 2.05) is 0 Å². The normalized spacial score (nSPS) is 16.7. The van der Waals surface area contributed by atoms with Crippen molar-refractivity contribution in [2.75, 3.05) is 13.1 Å². The summed E-state index contributed by atoms with van der Waals surface area (Å²) < 4.78 is 0. The number of benzene rings is 1. The van der Waals surface area contributed by atoms with Crippen LogP contribution in [-0.4, -0.2) is 18.1 Å². The highest BCUT2D eigenvalue weighted by Crippen LogP contribution is 2.23. The van der Waals surface area contributed by atoms with Crippen LogP contribution in [0.2, 0.25) is 0 Å². The molecule has 1 aliphatic rings. The molecule has 0 unspecified atom stereocenters. The van der Waals surface area contributed by atoms with Crippen molar-refractivity contribution in [3.8, 4) is 0 Å². The second-order valence-corrected chi connectivity index (χ2v) is 5.46. The number of fused-ring (bicyclic) bond motifs is 1. The molecule has 0 spiro atoms. The van der Waals surface area contributed by atoms with Crippen molar-refractivity contribution in [1.29, 1.82) is 0 Å². The Labute approximate surface area is 109 Å². The number of aromatic amines is 1. The van der Waals surface area contributed by atoms with Crippen molar-refractivity contribution >= 4 is 10.9 Å². The number of aromatic nitrogens is 1. The Hall–Kier alpha value is -1.28. The molecule has 96 valence electrons. The zero-order valence-electron chi connectivity index (χ0n) is 10.9. The van der Waals surface area contributed by atoms with Crippen LogP contribution >= 0.6 is 0 Å². The maximum absolute atomic E-state index is 3.62. The fraction of sp³-hybridized carbons (Fsp3) is 0.500. The highest BCUT2D eigenvalue weighted by molar-refractivity contribution is 5.83. The molecule has 18 heavy (non-hydrogen) atoms. The van der Waals surface area contributed by atoms with Crippen LogP contribution in [0.15, 0.2) is 30.5 Å². The maximum Gasteiger partial charge on any atom is 0.0456 e. The standard InChI is InChI=1S/C16H22N2/c1-2-6-13(5-1)11-17-10-9-14-12-18-16-8-4-3-7-15(14)16/h3-4,7-8,12-13,17-18H,1-2,5-6,9-11H2. The van der Waals surface area contributed by atoms with Crippen molar-refractivity contribution in [3.05, 3.63) is 36.0 Å². The van der Waals surface area contributed by atoms with E-state index in [1.54, 1.807) is 0 Å². The van der Waals surface area contributed by atoms with Gasteiger partial charge >= 0.3 is 0 Å². The molecule has 1 aromatic heterocycles. The lowest BCUT2D eigenvalue weighted by molar-refractivity contribution is 0.492. The molecular formula is C16H22N2. The van der Waals surface area contributed by atoms with E-state index in [2.05, 4.69) is 40.8 Å². The Morgan fingerprint density at radius 1 is 1.17 bits per heavy atom. The van der Waals surface area contributed by atoms with Crippen LogP contribution in [0.3, 0.4) is 0 Å². The zero-order chi connectivity index (χ0) is 12.2. The smallest absolute Gasteiger partial charge is 0.0456 e. The first-order valence-corrected chi connectivity index (χ1v) is 7.19. The largest absolute Gasteiger partial charge is 0.361 e. The van der Waals surface area contributed by atoms with E-state index in [0.717, 1.165) is 18.9 Å². The van der Waals surface area contributed by atoms with Gasteiger partial charge < -0.3 is 10.3 Å². The van der Waals surface area contributed by atoms with E-state index < -0.39 is 0 Å². The summed E-state index contributed by atoms with van der Waals surface area (Å²) >= 11 is 0. The zero-order valence-corrected chi connectivity index (χ0v) is 10.9. The predicted molar refractivity (Wildman–Crippen MR) is 76.8 cm³/mol. The highest BCUT2D eigenvalue weighted by Gasteiger charge is 2.13. The average Bonchev–Trinajstić information content (AvgIpc) is 3.04. The summed E-state index contributed by atoms with van der Waals surface area (Å²) in [6.45, 7) is 2.31. The van der Waals surface area contributed by atoms with Crippen LogP contribution in [0.1, 0.15) is 31.2 Å². The lowest BCUT2D eigenvalue weighted by Gasteiger charge is -2.09. The molecule has 2 N–H and O–H groups in total. The third-order valence-corrected chi connectivity index (χ3v) is 4.15. The van der Waals surface area contributed by atoms with Crippen LogP contribution in [0.5, 0.6) is 0 Å². The molecule has 1 aliphatic carbocycles. The molecule has 1 saturated carbocycles. The first-order chi connectivity index (χ1) is 8.93. The molecule has 2 heteroatoms. The number of hydrogen-bond acceptors (Lipinski definition) is 1. The first-order valence-electron chi connectivity index (χ1n) is 7.19. The molecule has 0 aliphatic heterocycles. The summed E-state index contributed by atoms with van der Waals surface area (Å²) in [5, 5.41) is 4.99. The van der Waals surface area contributed by atoms with Crippen molar-refractivity contribution < 1.29 is 0 Å². The number of H-pyrrole nitrogens is 1. The molecule has 0 saturated heterocycles. The van der Waals surface area contributed by atoms with E-state index in [0.29, 0.717) is 0 Å². The molecule has 1 heterocycles. The Morgan fingerprint density at radius 3 is 2.89 bits per heavy atom. The monoisotopic (exact) mass is 242 g/mol. The van der Waals surface area contributed by atoms with Gasteiger partial charge in [-0.05, 0) is 49.9 Å². The van der Waals surface area contributed by atoms with Crippen molar-refractivity contribution in [2.24, 2.45) is 5.92 Å². The SMILES string of the molecule is c1ccc2c(CCNCC3CCCC3)c[nH]c2c1. The lowest BCUT2D eigenvalue weighted by Crippen LogP contribution is -2.23. The third kappa shape index (κ3) is 2.59. The van der Waals surface area contributed by atoms with Crippen molar-refractivity contribution in [3.63, 3.8) is 0 Å². The molecule has 0 amide bonds. The molecule has 0 atom stereocenters. The summed E-state index contributed by atoms with van der Waals surface area (Å²) in [5.41, 5.74) is 2.69. The predicted octanol–water partition coefficient (Wildman–Crippen LogP) is 3.49. The first kappa shape index (κ1) is 11.8. The van der Waals surface area contributed by atoms with Crippen molar-refractivity contribution in [2.45, 2.75) is 32.1 Å². The van der Waals surface area contributed by atoms with E-state index >= 15 is 0 Å². The Bertz CT molecular complexity index is 495. The van der Waals surface area contributed by atoms with Gasteiger partial charge in [0.2, 0.25) is 0 Å². The number of rotatable bonds is 5. The Balaban J connectivity index is 1.50. The number of hydrogen-bond donors (Lipinski definition) is 2. The van der Waals surface area contributed by atoms with E-state index in [4.69, 9.17) is 0 Å². The van der Waals surface area contributed by atoms with Gasteiger partial charge in [0.25, 0.3) is 0 Å². The summed E-state index contributed by atoms with van der Waals surface area (Å²) in [6.07, 6.45) is 9.02. The minimum atomic E-state index is 0.938. The van der Waals surface area contributed by atoms with Gasteiger partial charge in [-0.3, -0.25) is 0 Å². The minimum absolute atomic E-state index is 0.938. The topological polar surface area (TPSA) is 27.8 Å². The van der Waals surface area contributed by atoms with E-state index in [1.165, 1.54) is 48.7 Å². The fourth-order valence-electron chi connectivity index (χ4n) is 3.08. The Morgan fingerprint density at radius 2 is 2.00 bits per heavy atom. The van der Waals surface area contributed by atoms with Gasteiger partial charge in [-0.25, -0.2) is 0 Å². The molecule has 3 rings (SSSR count). The van der Waals surface area contributed by atoms with Gasteiger partial charge in [0.05, 0.1) is 0 Å². The molecule has 2 aromatic rings. The number of nitrogens with one attached hydrogen (secondary N) is 2. The summed E-state index contributed by atoms with van der Waals surface area (Å²) in [7, 11) is 0. The van der Waals surface area contributed by atoms with Crippen LogP contribution in [0.4, 0.5) is 0 Å². The van der Waals surface area contributed by atoms with Crippen LogP contribution < -0.4 is 5.32 Å². The average molecular weight is 242 g/mol. The number of para-hydroxylation sites is 1. The van der Waals surface area contributed by atoms with Gasteiger partial charge in [-0.1, -0.05) is 31.0 Å². The highest BCUT2D eigenvalue weighted by atomic mass is 14.9. The van der Waals surface area contributed by atoms with Gasteiger partial charge in [0, 0.05) is 17.1 Å². The third-order valence-electron chi connectivity index (χ3n) is 4.15. The fourth-order valence-corrected chi connectivity index (χ4v) is 3.08. The van der Waals surface area contributed by atoms with Gasteiger partial charge in [0.15, 0.2) is 0 Å². The Kier molecular flexibility index (Phi) is 3.65. The molecule has 2 nitrogen and oxygen atoms in total. The maximum atomic E-state index is 3.62. The second kappa shape index (κ2) is 5.57. The molecule has 1 aromatic carbocycles. The van der Waals surface area contributed by atoms with Gasteiger partial charge in [0.1, 0.15) is 0 Å². The van der Waals surface area contributed by atoms with Gasteiger partial charge in [-0.2, -0.15) is 0 Å².